The molecule has 1 fully saturated rings. The van der Waals surface area contributed by atoms with E-state index in [1.165, 1.54) is 5.52 Å². The van der Waals surface area contributed by atoms with Crippen molar-refractivity contribution < 1.29 is 19.1 Å². The van der Waals surface area contributed by atoms with Crippen LogP contribution in [0.15, 0.2) is 40.3 Å². The monoisotopic (exact) mass is 515 g/mol. The number of hydrogen-bond donors (Lipinski definition) is 0. The number of rotatable bonds is 5. The maximum absolute atomic E-state index is 8.00. The van der Waals surface area contributed by atoms with E-state index in [0.29, 0.717) is 11.8 Å². The SMILES string of the molecule is C=O.C=O.CC.COc1ncc(C)cc1Sc1ccc2c(c1)nc(C(C)(C)C)n2CC1CCOCC1. The van der Waals surface area contributed by atoms with Crippen LogP contribution in [0.4, 0.5) is 0 Å². The summed E-state index contributed by atoms with van der Waals surface area (Å²) in [5, 5.41) is 0. The molecule has 0 spiro atoms. The number of aromatic nitrogens is 3. The number of ether oxygens (including phenoxy) is 2. The van der Waals surface area contributed by atoms with Crippen LogP contribution in [0.1, 0.15) is 58.8 Å². The second-order valence-electron chi connectivity index (χ2n) is 9.12. The second-order valence-corrected chi connectivity index (χ2v) is 10.2. The largest absolute Gasteiger partial charge is 0.480 e. The van der Waals surface area contributed by atoms with Crippen molar-refractivity contribution in [2.75, 3.05) is 20.3 Å². The zero-order valence-electron chi connectivity index (χ0n) is 22.8. The quantitative estimate of drug-likeness (QED) is 0.395. The highest BCUT2D eigenvalue weighted by atomic mass is 32.2. The van der Waals surface area contributed by atoms with Gasteiger partial charge in [-0.1, -0.05) is 46.4 Å². The lowest BCUT2D eigenvalue weighted by atomic mass is 9.94. The van der Waals surface area contributed by atoms with Gasteiger partial charge in [0.25, 0.3) is 0 Å². The number of carbonyl (C=O) groups excluding carboxylic acids is 2. The summed E-state index contributed by atoms with van der Waals surface area (Å²) in [7, 11) is 1.67. The number of carbonyl (C=O) groups is 2. The van der Waals surface area contributed by atoms with Gasteiger partial charge in [-0.05, 0) is 55.5 Å². The Labute approximate surface area is 220 Å². The lowest BCUT2D eigenvalue weighted by Crippen LogP contribution is -2.25. The van der Waals surface area contributed by atoms with Crippen molar-refractivity contribution >= 4 is 36.4 Å². The van der Waals surface area contributed by atoms with Gasteiger partial charge in [-0.15, -0.1) is 0 Å². The van der Waals surface area contributed by atoms with Gasteiger partial charge in [-0.3, -0.25) is 0 Å². The topological polar surface area (TPSA) is 83.3 Å². The fourth-order valence-corrected chi connectivity index (χ4v) is 5.03. The van der Waals surface area contributed by atoms with Gasteiger partial charge in [0, 0.05) is 36.3 Å². The maximum atomic E-state index is 8.00. The van der Waals surface area contributed by atoms with Crippen LogP contribution in [0.2, 0.25) is 0 Å². The standard InChI is InChI=1S/C24H31N3O2S.C2H6.2CH2O/c1-16-12-21(22(28-5)25-14-16)30-18-6-7-20-19(13-18)26-23(24(2,3)4)27(20)15-17-8-10-29-11-9-17;3*1-2/h6-7,12-14,17H,8-11,15H2,1-5H3;1-2H3;2*1H2. The summed E-state index contributed by atoms with van der Waals surface area (Å²) in [5.41, 5.74) is 3.37. The second kappa shape index (κ2) is 15.4. The Bertz CT molecular complexity index is 1070. The zero-order valence-corrected chi connectivity index (χ0v) is 23.6. The number of benzene rings is 1. The molecule has 8 heteroatoms. The summed E-state index contributed by atoms with van der Waals surface area (Å²) < 4.78 is 13.5. The smallest absolute Gasteiger partial charge is 0.227 e. The van der Waals surface area contributed by atoms with E-state index in [2.05, 4.69) is 54.6 Å². The Morgan fingerprint density at radius 2 is 1.75 bits per heavy atom. The number of hydrogen-bond acceptors (Lipinski definition) is 7. The van der Waals surface area contributed by atoms with Gasteiger partial charge in [-0.2, -0.15) is 0 Å². The van der Waals surface area contributed by atoms with E-state index in [4.69, 9.17) is 24.0 Å². The molecular weight excluding hydrogens is 474 g/mol. The van der Waals surface area contributed by atoms with Gasteiger partial charge in [-0.25, -0.2) is 9.97 Å². The Hall–Kier alpha value is -2.71. The molecule has 0 bridgehead atoms. The Kier molecular flexibility index (Phi) is 13.4. The van der Waals surface area contributed by atoms with E-state index in [1.54, 1.807) is 18.9 Å². The third kappa shape index (κ3) is 8.17. The molecule has 36 heavy (non-hydrogen) atoms. The minimum Gasteiger partial charge on any atom is -0.480 e. The third-order valence-corrected chi connectivity index (χ3v) is 6.55. The molecular formula is C28H41N3O4S. The lowest BCUT2D eigenvalue weighted by molar-refractivity contribution is -0.0987. The molecule has 7 nitrogen and oxygen atoms in total. The highest BCUT2D eigenvalue weighted by molar-refractivity contribution is 7.99. The predicted octanol–water partition coefficient (Wildman–Crippen LogP) is 6.28. The number of methoxy groups -OCH3 is 1. The van der Waals surface area contributed by atoms with Gasteiger partial charge >= 0.3 is 0 Å². The van der Waals surface area contributed by atoms with Crippen molar-refractivity contribution in [3.63, 3.8) is 0 Å². The molecule has 1 aromatic carbocycles. The molecule has 1 aliphatic rings. The van der Waals surface area contributed by atoms with Gasteiger partial charge in [0.2, 0.25) is 5.88 Å². The molecule has 0 saturated carbocycles. The summed E-state index contributed by atoms with van der Waals surface area (Å²) in [6.45, 7) is 19.5. The van der Waals surface area contributed by atoms with Crippen LogP contribution in [0.3, 0.4) is 0 Å². The van der Waals surface area contributed by atoms with Crippen LogP contribution in [0.5, 0.6) is 5.88 Å². The van der Waals surface area contributed by atoms with Crippen LogP contribution >= 0.6 is 11.8 Å². The minimum atomic E-state index is -0.0127. The van der Waals surface area contributed by atoms with E-state index >= 15 is 0 Å². The van der Waals surface area contributed by atoms with Gasteiger partial charge in [0.1, 0.15) is 19.4 Å². The molecule has 1 aliphatic heterocycles. The van der Waals surface area contributed by atoms with Crippen molar-refractivity contribution in [3.05, 3.63) is 41.9 Å². The molecule has 0 atom stereocenters. The van der Waals surface area contributed by atoms with Crippen LogP contribution in [-0.4, -0.2) is 48.4 Å². The Morgan fingerprint density at radius 3 is 2.33 bits per heavy atom. The average molecular weight is 516 g/mol. The zero-order chi connectivity index (χ0) is 27.3. The molecule has 3 heterocycles. The van der Waals surface area contributed by atoms with E-state index in [0.717, 1.165) is 59.3 Å². The molecule has 0 N–H and O–H groups in total. The van der Waals surface area contributed by atoms with E-state index < -0.39 is 0 Å². The van der Waals surface area contributed by atoms with Gasteiger partial charge in [0.15, 0.2) is 0 Å². The molecule has 1 saturated heterocycles. The molecule has 4 rings (SSSR count). The van der Waals surface area contributed by atoms with Crippen molar-refractivity contribution in [1.82, 2.24) is 14.5 Å². The van der Waals surface area contributed by atoms with Crippen molar-refractivity contribution in [2.45, 2.75) is 76.1 Å². The Morgan fingerprint density at radius 1 is 1.11 bits per heavy atom. The van der Waals surface area contributed by atoms with Gasteiger partial charge < -0.3 is 23.6 Å². The van der Waals surface area contributed by atoms with E-state index in [1.807, 2.05) is 40.5 Å². The normalized spacial score (nSPS) is 13.4. The fourth-order valence-electron chi connectivity index (χ4n) is 4.00. The van der Waals surface area contributed by atoms with Crippen LogP contribution in [0.25, 0.3) is 11.0 Å². The Balaban J connectivity index is 0.00000101. The molecule has 0 aliphatic carbocycles. The number of pyridine rings is 1. The third-order valence-electron chi connectivity index (χ3n) is 5.55. The molecule has 0 amide bonds. The first kappa shape index (κ1) is 31.3. The van der Waals surface area contributed by atoms with Crippen molar-refractivity contribution in [3.8, 4) is 5.88 Å². The predicted molar refractivity (Wildman–Crippen MR) is 147 cm³/mol. The summed E-state index contributed by atoms with van der Waals surface area (Å²) in [4.78, 5) is 27.6. The first-order chi connectivity index (χ1) is 17.3. The first-order valence-electron chi connectivity index (χ1n) is 12.2. The van der Waals surface area contributed by atoms with E-state index in [9.17, 15) is 0 Å². The summed E-state index contributed by atoms with van der Waals surface area (Å²) in [6.07, 6.45) is 4.08. The molecule has 2 aromatic heterocycles. The molecule has 0 unspecified atom stereocenters. The highest BCUT2D eigenvalue weighted by Crippen LogP contribution is 2.36. The summed E-state index contributed by atoms with van der Waals surface area (Å²) in [5.74, 6) is 2.46. The van der Waals surface area contributed by atoms with Crippen molar-refractivity contribution in [2.24, 2.45) is 5.92 Å². The van der Waals surface area contributed by atoms with Crippen LogP contribution < -0.4 is 4.74 Å². The van der Waals surface area contributed by atoms with Crippen LogP contribution in [-0.2, 0) is 26.3 Å². The highest BCUT2D eigenvalue weighted by Gasteiger charge is 2.25. The fraction of sp³-hybridized carbons (Fsp3) is 0.500. The number of aryl methyl sites for hydroxylation is 1. The number of fused-ring (bicyclic) bond motifs is 1. The lowest BCUT2D eigenvalue weighted by Gasteiger charge is -2.26. The van der Waals surface area contributed by atoms with Gasteiger partial charge in [0.05, 0.1) is 23.0 Å². The molecule has 198 valence electrons. The van der Waals surface area contributed by atoms with Crippen LogP contribution in [0, 0.1) is 12.8 Å². The van der Waals surface area contributed by atoms with E-state index in [-0.39, 0.29) is 5.41 Å². The molecule has 3 aromatic rings. The molecule has 0 radical (unpaired) electrons. The van der Waals surface area contributed by atoms with Crippen molar-refractivity contribution in [1.29, 1.82) is 0 Å². The summed E-state index contributed by atoms with van der Waals surface area (Å²) >= 11 is 1.67. The minimum absolute atomic E-state index is 0.0127. The maximum Gasteiger partial charge on any atom is 0.227 e. The number of imidazole rings is 1. The average Bonchev–Trinajstić information content (AvgIpc) is 3.26. The summed E-state index contributed by atoms with van der Waals surface area (Å²) in [6, 6.07) is 8.71. The number of nitrogens with zero attached hydrogens (tertiary/aromatic N) is 3. The first-order valence-corrected chi connectivity index (χ1v) is 13.0.